The summed E-state index contributed by atoms with van der Waals surface area (Å²) in [6.07, 6.45) is 8.36. The van der Waals surface area contributed by atoms with Crippen LogP contribution < -0.4 is 15.4 Å². The van der Waals surface area contributed by atoms with Gasteiger partial charge < -0.3 is 15.4 Å². The quantitative estimate of drug-likeness (QED) is 0.633. The molecule has 0 bridgehead atoms. The molecule has 0 atom stereocenters. The maximum atomic E-state index is 12.0. The van der Waals surface area contributed by atoms with Crippen molar-refractivity contribution in [3.63, 3.8) is 0 Å². The van der Waals surface area contributed by atoms with Crippen molar-refractivity contribution in [1.82, 2.24) is 25.1 Å². The molecule has 0 aliphatic carbocycles. The Balaban J connectivity index is 1.70. The molecule has 0 aliphatic heterocycles. The van der Waals surface area contributed by atoms with Gasteiger partial charge in [-0.1, -0.05) is 11.6 Å². The predicted octanol–water partition coefficient (Wildman–Crippen LogP) is 2.76. The first-order valence-corrected chi connectivity index (χ1v) is 9.03. The molecule has 2 heterocycles. The first kappa shape index (κ1) is 19.6. The van der Waals surface area contributed by atoms with Crippen LogP contribution in [-0.2, 0) is 19.9 Å². The number of aryl methyl sites for hydroxylation is 3. The highest BCUT2D eigenvalue weighted by molar-refractivity contribution is 6.33. The SMILES string of the molecule is CNC(=O)c1cc(CCc2cnc(Nc3cnn(C)c3)nc2)c(Cl)c(OC)c1. The van der Waals surface area contributed by atoms with Crippen LogP contribution in [0.15, 0.2) is 36.9 Å². The first-order valence-electron chi connectivity index (χ1n) is 8.65. The van der Waals surface area contributed by atoms with Crippen LogP contribution in [0.4, 0.5) is 11.6 Å². The molecule has 3 aromatic rings. The molecule has 0 fully saturated rings. The monoisotopic (exact) mass is 400 g/mol. The van der Waals surface area contributed by atoms with Gasteiger partial charge >= 0.3 is 0 Å². The lowest BCUT2D eigenvalue weighted by molar-refractivity contribution is 0.0962. The van der Waals surface area contributed by atoms with Gasteiger partial charge in [0, 0.05) is 38.2 Å². The Labute approximate surface area is 167 Å². The van der Waals surface area contributed by atoms with Gasteiger partial charge in [-0.15, -0.1) is 0 Å². The van der Waals surface area contributed by atoms with E-state index in [9.17, 15) is 4.79 Å². The minimum atomic E-state index is -0.189. The Bertz CT molecular complexity index is 971. The third-order valence-electron chi connectivity index (χ3n) is 4.17. The fourth-order valence-corrected chi connectivity index (χ4v) is 2.98. The molecule has 0 unspecified atom stereocenters. The number of anilines is 2. The van der Waals surface area contributed by atoms with E-state index in [1.54, 1.807) is 42.5 Å². The second-order valence-electron chi connectivity index (χ2n) is 6.17. The molecule has 2 N–H and O–H groups in total. The minimum Gasteiger partial charge on any atom is -0.495 e. The van der Waals surface area contributed by atoms with Crippen molar-refractivity contribution in [3.8, 4) is 5.75 Å². The normalized spacial score (nSPS) is 10.6. The Hall–Kier alpha value is -3.13. The Morgan fingerprint density at radius 3 is 2.57 bits per heavy atom. The van der Waals surface area contributed by atoms with E-state index >= 15 is 0 Å². The van der Waals surface area contributed by atoms with E-state index in [1.807, 2.05) is 13.2 Å². The summed E-state index contributed by atoms with van der Waals surface area (Å²) < 4.78 is 6.99. The molecule has 146 valence electrons. The lowest BCUT2D eigenvalue weighted by Crippen LogP contribution is -2.18. The topological polar surface area (TPSA) is 94.0 Å². The fourth-order valence-electron chi connectivity index (χ4n) is 2.70. The number of benzene rings is 1. The molecule has 0 spiro atoms. The number of halogens is 1. The number of methoxy groups -OCH3 is 1. The van der Waals surface area contributed by atoms with E-state index in [1.165, 1.54) is 7.11 Å². The summed E-state index contributed by atoms with van der Waals surface area (Å²) in [5, 5.41) is 10.3. The maximum absolute atomic E-state index is 12.0. The van der Waals surface area contributed by atoms with Crippen LogP contribution in [0.5, 0.6) is 5.75 Å². The second kappa shape index (κ2) is 8.71. The Morgan fingerprint density at radius 1 is 1.21 bits per heavy atom. The third-order valence-corrected chi connectivity index (χ3v) is 4.60. The molecule has 3 rings (SSSR count). The Morgan fingerprint density at radius 2 is 1.96 bits per heavy atom. The predicted molar refractivity (Wildman–Crippen MR) is 107 cm³/mol. The number of carbonyl (C=O) groups is 1. The summed E-state index contributed by atoms with van der Waals surface area (Å²) >= 11 is 6.41. The summed E-state index contributed by atoms with van der Waals surface area (Å²) in [6.45, 7) is 0. The highest BCUT2D eigenvalue weighted by Gasteiger charge is 2.14. The van der Waals surface area contributed by atoms with Crippen molar-refractivity contribution in [3.05, 3.63) is 58.6 Å². The first-order chi connectivity index (χ1) is 13.5. The molecule has 1 amide bonds. The largest absolute Gasteiger partial charge is 0.495 e. The second-order valence-corrected chi connectivity index (χ2v) is 6.55. The fraction of sp³-hybridized carbons (Fsp3) is 0.263. The van der Waals surface area contributed by atoms with Gasteiger partial charge in [0.05, 0.1) is 24.0 Å². The van der Waals surface area contributed by atoms with Gasteiger partial charge in [-0.2, -0.15) is 5.10 Å². The molecule has 8 nitrogen and oxygen atoms in total. The zero-order chi connectivity index (χ0) is 20.1. The molecule has 0 radical (unpaired) electrons. The minimum absolute atomic E-state index is 0.189. The van der Waals surface area contributed by atoms with Gasteiger partial charge in [-0.3, -0.25) is 9.48 Å². The van der Waals surface area contributed by atoms with Crippen LogP contribution in [0.25, 0.3) is 0 Å². The van der Waals surface area contributed by atoms with E-state index in [0.717, 1.165) is 16.8 Å². The van der Waals surface area contributed by atoms with E-state index in [2.05, 4.69) is 25.7 Å². The number of hydrogen-bond donors (Lipinski definition) is 2. The van der Waals surface area contributed by atoms with E-state index in [4.69, 9.17) is 16.3 Å². The van der Waals surface area contributed by atoms with Crippen molar-refractivity contribution < 1.29 is 9.53 Å². The average Bonchev–Trinajstić information content (AvgIpc) is 3.12. The van der Waals surface area contributed by atoms with E-state index in [-0.39, 0.29) is 5.91 Å². The summed E-state index contributed by atoms with van der Waals surface area (Å²) in [5.74, 6) is 0.786. The third kappa shape index (κ3) is 4.58. The summed E-state index contributed by atoms with van der Waals surface area (Å²) in [6, 6.07) is 3.41. The highest BCUT2D eigenvalue weighted by atomic mass is 35.5. The molecule has 1 aromatic carbocycles. The lowest BCUT2D eigenvalue weighted by atomic mass is 10.0. The molecule has 28 heavy (non-hydrogen) atoms. The summed E-state index contributed by atoms with van der Waals surface area (Å²) in [4.78, 5) is 20.6. The number of nitrogens with zero attached hydrogens (tertiary/aromatic N) is 4. The maximum Gasteiger partial charge on any atom is 0.251 e. The highest BCUT2D eigenvalue weighted by Crippen LogP contribution is 2.31. The molecule has 9 heteroatoms. The number of hydrogen-bond acceptors (Lipinski definition) is 6. The zero-order valence-corrected chi connectivity index (χ0v) is 16.6. The molecular weight excluding hydrogens is 380 g/mol. The van der Waals surface area contributed by atoms with Crippen LogP contribution in [0.1, 0.15) is 21.5 Å². The van der Waals surface area contributed by atoms with E-state index in [0.29, 0.717) is 35.1 Å². The van der Waals surface area contributed by atoms with Crippen LogP contribution in [0.3, 0.4) is 0 Å². The van der Waals surface area contributed by atoms with Crippen molar-refractivity contribution >= 4 is 29.1 Å². The van der Waals surface area contributed by atoms with Crippen molar-refractivity contribution in [2.24, 2.45) is 7.05 Å². The van der Waals surface area contributed by atoms with Crippen molar-refractivity contribution in [2.45, 2.75) is 12.8 Å². The van der Waals surface area contributed by atoms with E-state index < -0.39 is 0 Å². The number of amides is 1. The van der Waals surface area contributed by atoms with Gasteiger partial charge in [0.25, 0.3) is 5.91 Å². The zero-order valence-electron chi connectivity index (χ0n) is 15.9. The van der Waals surface area contributed by atoms with Gasteiger partial charge in [0.2, 0.25) is 5.95 Å². The van der Waals surface area contributed by atoms with Gasteiger partial charge in [0.15, 0.2) is 0 Å². The van der Waals surface area contributed by atoms with Gasteiger partial charge in [-0.05, 0) is 36.1 Å². The average molecular weight is 401 g/mol. The van der Waals surface area contributed by atoms with Crippen LogP contribution in [0.2, 0.25) is 5.02 Å². The molecule has 0 saturated heterocycles. The summed E-state index contributed by atoms with van der Waals surface area (Å²) in [7, 11) is 4.95. The van der Waals surface area contributed by atoms with Crippen LogP contribution >= 0.6 is 11.6 Å². The smallest absolute Gasteiger partial charge is 0.251 e. The van der Waals surface area contributed by atoms with Crippen LogP contribution in [0, 0.1) is 0 Å². The number of ether oxygens (including phenoxy) is 1. The number of aromatic nitrogens is 4. The van der Waals surface area contributed by atoms with Gasteiger partial charge in [-0.25, -0.2) is 9.97 Å². The van der Waals surface area contributed by atoms with Crippen LogP contribution in [-0.4, -0.2) is 39.8 Å². The van der Waals surface area contributed by atoms with Crippen molar-refractivity contribution in [2.75, 3.05) is 19.5 Å². The molecular formula is C19H21ClN6O2. The molecule has 2 aromatic heterocycles. The van der Waals surface area contributed by atoms with Gasteiger partial charge in [0.1, 0.15) is 5.75 Å². The standard InChI is InChI=1S/C19H21ClN6O2/c1-21-18(27)14-6-13(17(20)16(7-14)28-3)5-4-12-8-22-19(23-9-12)25-15-10-24-26(2)11-15/h6-11H,4-5H2,1-3H3,(H,21,27)(H,22,23,25). The summed E-state index contributed by atoms with van der Waals surface area (Å²) in [5.41, 5.74) is 3.11. The molecule has 0 saturated carbocycles. The lowest BCUT2D eigenvalue weighted by Gasteiger charge is -2.12. The van der Waals surface area contributed by atoms with Crippen molar-refractivity contribution in [1.29, 1.82) is 0 Å². The Kier molecular flexibility index (Phi) is 6.10. The number of carbonyl (C=O) groups excluding carboxylic acids is 1. The number of nitrogens with one attached hydrogen (secondary N) is 2. The number of rotatable bonds is 7. The molecule has 0 aliphatic rings.